The molecule has 0 aliphatic heterocycles. The van der Waals surface area contributed by atoms with Crippen molar-refractivity contribution in [3.05, 3.63) is 11.9 Å². The van der Waals surface area contributed by atoms with E-state index in [4.69, 9.17) is 5.73 Å². The van der Waals surface area contributed by atoms with Crippen LogP contribution in [0, 0.1) is 5.92 Å². The monoisotopic (exact) mass is 222 g/mol. The molecule has 1 aromatic heterocycles. The topological polar surface area (TPSA) is 75.0 Å². The number of aromatic amines is 1. The van der Waals surface area contributed by atoms with Gasteiger partial charge in [-0.2, -0.15) is 5.10 Å². The van der Waals surface area contributed by atoms with Gasteiger partial charge in [0, 0.05) is 13.6 Å². The number of hydrogen-bond donors (Lipinski definition) is 2. The molecule has 0 unspecified atom stereocenters. The van der Waals surface area contributed by atoms with Crippen molar-refractivity contribution in [3.8, 4) is 0 Å². The van der Waals surface area contributed by atoms with Crippen molar-refractivity contribution in [2.45, 2.75) is 25.7 Å². The highest BCUT2D eigenvalue weighted by atomic mass is 16.2. The maximum atomic E-state index is 12.0. The molecular formula is C11H18N4O. The molecule has 0 radical (unpaired) electrons. The number of anilines is 1. The molecule has 0 saturated heterocycles. The molecule has 0 aromatic carbocycles. The number of rotatable bonds is 3. The fraction of sp³-hybridized carbons (Fsp3) is 0.636. The van der Waals surface area contributed by atoms with Gasteiger partial charge in [0.2, 0.25) is 0 Å². The third kappa shape index (κ3) is 2.18. The second-order valence-corrected chi connectivity index (χ2v) is 4.54. The van der Waals surface area contributed by atoms with Gasteiger partial charge in [-0.25, -0.2) is 0 Å². The zero-order valence-corrected chi connectivity index (χ0v) is 9.57. The molecule has 2 rings (SSSR count). The molecule has 1 amide bonds. The van der Waals surface area contributed by atoms with Crippen LogP contribution in [0.2, 0.25) is 0 Å². The fourth-order valence-corrected chi connectivity index (χ4v) is 2.32. The molecule has 3 N–H and O–H groups in total. The van der Waals surface area contributed by atoms with E-state index in [0.717, 1.165) is 6.54 Å². The quantitative estimate of drug-likeness (QED) is 0.808. The van der Waals surface area contributed by atoms with Crippen LogP contribution in [-0.4, -0.2) is 34.6 Å². The summed E-state index contributed by atoms with van der Waals surface area (Å²) < 4.78 is 0. The Morgan fingerprint density at radius 2 is 2.31 bits per heavy atom. The minimum Gasteiger partial charge on any atom is -0.396 e. The molecule has 0 atom stereocenters. The summed E-state index contributed by atoms with van der Waals surface area (Å²) in [6, 6.07) is 0. The van der Waals surface area contributed by atoms with Crippen LogP contribution in [0.3, 0.4) is 0 Å². The molecule has 1 aliphatic carbocycles. The first-order valence-corrected chi connectivity index (χ1v) is 5.73. The minimum absolute atomic E-state index is 0.0677. The number of nitrogens with zero attached hydrogens (tertiary/aromatic N) is 2. The van der Waals surface area contributed by atoms with Crippen molar-refractivity contribution >= 4 is 11.6 Å². The van der Waals surface area contributed by atoms with Crippen LogP contribution in [0.5, 0.6) is 0 Å². The average Bonchev–Trinajstić information content (AvgIpc) is 2.88. The Hall–Kier alpha value is -1.52. The SMILES string of the molecule is CN(CC1CCCC1)C(=O)c1[nH]ncc1N. The summed E-state index contributed by atoms with van der Waals surface area (Å²) in [4.78, 5) is 13.7. The number of carbonyl (C=O) groups excluding carboxylic acids is 1. The van der Waals surface area contributed by atoms with Crippen LogP contribution in [-0.2, 0) is 0 Å². The Labute approximate surface area is 95.0 Å². The summed E-state index contributed by atoms with van der Waals surface area (Å²) >= 11 is 0. The Morgan fingerprint density at radius 3 is 2.88 bits per heavy atom. The summed E-state index contributed by atoms with van der Waals surface area (Å²) in [5.74, 6) is 0.583. The fourth-order valence-electron chi connectivity index (χ4n) is 2.32. The Bertz CT molecular complexity index is 368. The van der Waals surface area contributed by atoms with E-state index in [1.807, 2.05) is 7.05 Å². The van der Waals surface area contributed by atoms with Gasteiger partial charge in [0.25, 0.3) is 5.91 Å². The Kier molecular flexibility index (Phi) is 3.12. The smallest absolute Gasteiger partial charge is 0.273 e. The molecule has 5 heteroatoms. The minimum atomic E-state index is -0.0677. The first-order valence-electron chi connectivity index (χ1n) is 5.73. The molecule has 1 saturated carbocycles. The number of nitrogen functional groups attached to an aromatic ring is 1. The Morgan fingerprint density at radius 1 is 1.62 bits per heavy atom. The van der Waals surface area contributed by atoms with Crippen molar-refractivity contribution in [1.82, 2.24) is 15.1 Å². The molecule has 1 aliphatic rings. The molecule has 0 bridgehead atoms. The number of hydrogen-bond acceptors (Lipinski definition) is 3. The summed E-state index contributed by atoms with van der Waals surface area (Å²) in [5, 5.41) is 6.40. The van der Waals surface area contributed by atoms with E-state index in [9.17, 15) is 4.79 Å². The van der Waals surface area contributed by atoms with Gasteiger partial charge in [-0.05, 0) is 18.8 Å². The van der Waals surface area contributed by atoms with Gasteiger partial charge in [-0.15, -0.1) is 0 Å². The molecule has 1 aromatic rings. The highest BCUT2D eigenvalue weighted by Crippen LogP contribution is 2.25. The lowest BCUT2D eigenvalue weighted by molar-refractivity contribution is 0.0768. The second kappa shape index (κ2) is 4.55. The van der Waals surface area contributed by atoms with E-state index in [2.05, 4.69) is 10.2 Å². The average molecular weight is 222 g/mol. The standard InChI is InChI=1S/C11H18N4O/c1-15(7-8-4-2-3-5-8)11(16)10-9(12)6-13-14-10/h6,8H,2-5,7,12H2,1H3,(H,13,14). The van der Waals surface area contributed by atoms with Crippen LogP contribution in [0.1, 0.15) is 36.2 Å². The lowest BCUT2D eigenvalue weighted by atomic mass is 10.1. The van der Waals surface area contributed by atoms with Gasteiger partial charge in [-0.3, -0.25) is 9.89 Å². The molecule has 16 heavy (non-hydrogen) atoms. The van der Waals surface area contributed by atoms with E-state index in [1.165, 1.54) is 31.9 Å². The largest absolute Gasteiger partial charge is 0.396 e. The van der Waals surface area contributed by atoms with Crippen LogP contribution < -0.4 is 5.73 Å². The first-order chi connectivity index (χ1) is 7.68. The lowest BCUT2D eigenvalue weighted by Crippen LogP contribution is -2.31. The highest BCUT2D eigenvalue weighted by molar-refractivity contribution is 5.96. The van der Waals surface area contributed by atoms with E-state index in [0.29, 0.717) is 17.3 Å². The van der Waals surface area contributed by atoms with E-state index in [1.54, 1.807) is 4.90 Å². The van der Waals surface area contributed by atoms with Crippen LogP contribution in [0.25, 0.3) is 0 Å². The third-order valence-electron chi connectivity index (χ3n) is 3.24. The zero-order chi connectivity index (χ0) is 11.5. The normalized spacial score (nSPS) is 16.6. The number of nitrogens with one attached hydrogen (secondary N) is 1. The zero-order valence-electron chi connectivity index (χ0n) is 9.57. The molecule has 1 fully saturated rings. The van der Waals surface area contributed by atoms with Crippen molar-refractivity contribution in [2.24, 2.45) is 5.92 Å². The summed E-state index contributed by atoms with van der Waals surface area (Å²) in [6.07, 6.45) is 6.51. The number of nitrogens with two attached hydrogens (primary N) is 1. The first kappa shape index (κ1) is 11.0. The lowest BCUT2D eigenvalue weighted by Gasteiger charge is -2.20. The van der Waals surface area contributed by atoms with Crippen molar-refractivity contribution in [2.75, 3.05) is 19.3 Å². The van der Waals surface area contributed by atoms with Crippen molar-refractivity contribution in [1.29, 1.82) is 0 Å². The third-order valence-corrected chi connectivity index (χ3v) is 3.24. The molecule has 88 valence electrons. The second-order valence-electron chi connectivity index (χ2n) is 4.54. The van der Waals surface area contributed by atoms with Gasteiger partial charge >= 0.3 is 0 Å². The summed E-state index contributed by atoms with van der Waals surface area (Å²) in [6.45, 7) is 0.817. The number of amides is 1. The van der Waals surface area contributed by atoms with Crippen LogP contribution in [0.4, 0.5) is 5.69 Å². The van der Waals surface area contributed by atoms with E-state index in [-0.39, 0.29) is 5.91 Å². The predicted molar refractivity (Wildman–Crippen MR) is 61.9 cm³/mol. The van der Waals surface area contributed by atoms with Gasteiger partial charge in [0.1, 0.15) is 5.69 Å². The van der Waals surface area contributed by atoms with E-state index >= 15 is 0 Å². The summed E-state index contributed by atoms with van der Waals surface area (Å²) in [5.41, 5.74) is 6.47. The molecule has 5 nitrogen and oxygen atoms in total. The maximum absolute atomic E-state index is 12.0. The molecule has 0 spiro atoms. The number of aromatic nitrogens is 2. The molecular weight excluding hydrogens is 204 g/mol. The van der Waals surface area contributed by atoms with Crippen LogP contribution in [0.15, 0.2) is 6.20 Å². The van der Waals surface area contributed by atoms with Gasteiger partial charge in [0.05, 0.1) is 11.9 Å². The van der Waals surface area contributed by atoms with Crippen molar-refractivity contribution in [3.63, 3.8) is 0 Å². The Balaban J connectivity index is 1.96. The van der Waals surface area contributed by atoms with Gasteiger partial charge < -0.3 is 10.6 Å². The van der Waals surface area contributed by atoms with E-state index < -0.39 is 0 Å². The maximum Gasteiger partial charge on any atom is 0.273 e. The summed E-state index contributed by atoms with van der Waals surface area (Å²) in [7, 11) is 1.82. The molecule has 1 heterocycles. The van der Waals surface area contributed by atoms with Gasteiger partial charge in [-0.1, -0.05) is 12.8 Å². The van der Waals surface area contributed by atoms with Crippen molar-refractivity contribution < 1.29 is 4.79 Å². The van der Waals surface area contributed by atoms with Gasteiger partial charge in [0.15, 0.2) is 0 Å². The highest BCUT2D eigenvalue weighted by Gasteiger charge is 2.22. The number of carbonyl (C=O) groups is 1. The van der Waals surface area contributed by atoms with Crippen LogP contribution >= 0.6 is 0 Å². The number of H-pyrrole nitrogens is 1. The predicted octanol–water partition coefficient (Wildman–Crippen LogP) is 1.25.